The first-order chi connectivity index (χ1) is 8.45. The van der Waals surface area contributed by atoms with Crippen molar-refractivity contribution < 1.29 is 0 Å². The summed E-state index contributed by atoms with van der Waals surface area (Å²) >= 11 is 17.1. The molecule has 2 aromatic rings. The maximum atomic E-state index is 5.70. The molecular weight excluding hydrogens is 297 g/mol. The van der Waals surface area contributed by atoms with Gasteiger partial charge in [-0.2, -0.15) is 15.0 Å². The molecule has 0 aliphatic rings. The minimum Gasteiger partial charge on any atom is -0.368 e. The predicted octanol–water partition coefficient (Wildman–Crippen LogP) is 3.02. The molecule has 18 heavy (non-hydrogen) atoms. The van der Waals surface area contributed by atoms with E-state index >= 15 is 0 Å². The fourth-order valence-corrected chi connectivity index (χ4v) is 1.48. The second-order valence-electron chi connectivity index (χ2n) is 3.33. The van der Waals surface area contributed by atoms with E-state index in [-0.39, 0.29) is 17.7 Å². The molecule has 0 saturated carbocycles. The lowest BCUT2D eigenvalue weighted by molar-refractivity contribution is 0.935. The topological polar surface area (TPSA) is 76.7 Å². The highest BCUT2D eigenvalue weighted by Gasteiger charge is 2.28. The Kier molecular flexibility index (Phi) is 3.75. The number of nitrogens with zero attached hydrogens (tertiary/aromatic N) is 3. The summed E-state index contributed by atoms with van der Waals surface area (Å²) < 4.78 is -1.75. The first kappa shape index (κ1) is 13.1. The highest BCUT2D eigenvalue weighted by atomic mass is 35.6. The van der Waals surface area contributed by atoms with Crippen LogP contribution in [0.25, 0.3) is 0 Å². The summed E-state index contributed by atoms with van der Waals surface area (Å²) in [6, 6.07) is 9.30. The van der Waals surface area contributed by atoms with Gasteiger partial charge in [-0.25, -0.2) is 0 Å². The van der Waals surface area contributed by atoms with Crippen LogP contribution in [0.5, 0.6) is 0 Å². The summed E-state index contributed by atoms with van der Waals surface area (Å²) in [6.45, 7) is 0. The first-order valence-corrected chi connectivity index (χ1v) is 5.99. The van der Waals surface area contributed by atoms with Gasteiger partial charge in [0.05, 0.1) is 0 Å². The van der Waals surface area contributed by atoms with Crippen molar-refractivity contribution in [2.75, 3.05) is 11.1 Å². The van der Waals surface area contributed by atoms with Crippen molar-refractivity contribution in [3.8, 4) is 0 Å². The molecule has 1 heterocycles. The SMILES string of the molecule is Nc1nc(Nc2ccccc2)nc(C(Cl)(Cl)Cl)n1. The molecule has 0 bridgehead atoms. The molecule has 0 fully saturated rings. The number of rotatable bonds is 2. The Hall–Kier alpha value is -1.30. The van der Waals surface area contributed by atoms with Crippen LogP contribution < -0.4 is 11.1 Å². The largest absolute Gasteiger partial charge is 0.368 e. The van der Waals surface area contributed by atoms with Gasteiger partial charge in [0.15, 0.2) is 5.82 Å². The minimum absolute atomic E-state index is 0.0234. The lowest BCUT2D eigenvalue weighted by Gasteiger charge is -2.11. The molecule has 0 radical (unpaired) electrons. The second kappa shape index (κ2) is 5.14. The number of hydrogen-bond acceptors (Lipinski definition) is 5. The van der Waals surface area contributed by atoms with Crippen LogP contribution >= 0.6 is 34.8 Å². The van der Waals surface area contributed by atoms with Gasteiger partial charge in [0.1, 0.15) is 0 Å². The molecule has 0 aliphatic carbocycles. The standard InChI is InChI=1S/C10H8Cl3N5/c11-10(12,13)7-16-8(14)18-9(17-7)15-6-4-2-1-3-5-6/h1-5H,(H3,14,15,16,17,18). The Morgan fingerprint density at radius 3 is 2.28 bits per heavy atom. The number of para-hydroxylation sites is 1. The second-order valence-corrected chi connectivity index (χ2v) is 5.61. The number of hydrogen-bond donors (Lipinski definition) is 2. The molecule has 1 aromatic heterocycles. The quantitative estimate of drug-likeness (QED) is 0.834. The lowest BCUT2D eigenvalue weighted by atomic mass is 10.3. The Morgan fingerprint density at radius 1 is 1.00 bits per heavy atom. The Bertz CT molecular complexity index is 541. The van der Waals surface area contributed by atoms with Crippen molar-refractivity contribution >= 4 is 52.4 Å². The van der Waals surface area contributed by atoms with Gasteiger partial charge in [-0.05, 0) is 12.1 Å². The molecule has 0 atom stereocenters. The average Bonchev–Trinajstić information content (AvgIpc) is 2.28. The van der Waals surface area contributed by atoms with E-state index in [9.17, 15) is 0 Å². The monoisotopic (exact) mass is 303 g/mol. The van der Waals surface area contributed by atoms with E-state index in [1.165, 1.54) is 0 Å². The third-order valence-corrected chi connectivity index (χ3v) is 2.44. The number of benzene rings is 1. The van der Waals surface area contributed by atoms with Crippen LogP contribution in [0, 0.1) is 0 Å². The maximum Gasteiger partial charge on any atom is 0.250 e. The summed E-state index contributed by atoms with van der Waals surface area (Å²) in [6.07, 6.45) is 0. The lowest BCUT2D eigenvalue weighted by Crippen LogP contribution is -2.13. The van der Waals surface area contributed by atoms with Gasteiger partial charge in [-0.15, -0.1) is 0 Å². The predicted molar refractivity (Wildman–Crippen MR) is 73.2 cm³/mol. The van der Waals surface area contributed by atoms with Gasteiger partial charge in [0.2, 0.25) is 15.7 Å². The zero-order valence-electron chi connectivity index (χ0n) is 8.94. The highest BCUT2D eigenvalue weighted by molar-refractivity contribution is 6.66. The number of nitrogen functional groups attached to an aromatic ring is 1. The number of halogens is 3. The summed E-state index contributed by atoms with van der Waals surface area (Å²) in [5.41, 5.74) is 6.32. The minimum atomic E-state index is -1.75. The molecule has 1 aromatic carbocycles. The molecule has 3 N–H and O–H groups in total. The smallest absolute Gasteiger partial charge is 0.250 e. The Labute approximate surface area is 118 Å². The van der Waals surface area contributed by atoms with Crippen LogP contribution in [0.4, 0.5) is 17.6 Å². The number of alkyl halides is 3. The van der Waals surface area contributed by atoms with E-state index in [4.69, 9.17) is 40.5 Å². The molecule has 2 rings (SSSR count). The normalized spacial score (nSPS) is 11.3. The summed E-state index contributed by atoms with van der Waals surface area (Å²) in [4.78, 5) is 11.7. The summed E-state index contributed by atoms with van der Waals surface area (Å²) in [5.74, 6) is 0.165. The number of anilines is 3. The fraction of sp³-hybridized carbons (Fsp3) is 0.100. The number of nitrogens with one attached hydrogen (secondary N) is 1. The molecule has 0 aliphatic heterocycles. The number of aromatic nitrogens is 3. The molecular formula is C10H8Cl3N5. The van der Waals surface area contributed by atoms with Crippen LogP contribution in [0.3, 0.4) is 0 Å². The zero-order valence-corrected chi connectivity index (χ0v) is 11.2. The van der Waals surface area contributed by atoms with Crippen LogP contribution in [-0.4, -0.2) is 15.0 Å². The van der Waals surface area contributed by atoms with Gasteiger partial charge >= 0.3 is 0 Å². The van der Waals surface area contributed by atoms with Gasteiger partial charge in [0.25, 0.3) is 0 Å². The van der Waals surface area contributed by atoms with Gasteiger partial charge in [-0.1, -0.05) is 53.0 Å². The Balaban J connectivity index is 2.32. The van der Waals surface area contributed by atoms with Crippen LogP contribution in [0.1, 0.15) is 5.82 Å². The molecule has 0 spiro atoms. The van der Waals surface area contributed by atoms with Crippen molar-refractivity contribution in [3.05, 3.63) is 36.2 Å². The van der Waals surface area contributed by atoms with Crippen molar-refractivity contribution in [3.63, 3.8) is 0 Å². The molecule has 8 heteroatoms. The molecule has 94 valence electrons. The molecule has 0 saturated heterocycles. The van der Waals surface area contributed by atoms with E-state index in [2.05, 4.69) is 20.3 Å². The van der Waals surface area contributed by atoms with Crippen molar-refractivity contribution in [1.82, 2.24) is 15.0 Å². The summed E-state index contributed by atoms with van der Waals surface area (Å²) in [7, 11) is 0. The highest BCUT2D eigenvalue weighted by Crippen LogP contribution is 2.36. The zero-order chi connectivity index (χ0) is 13.2. The van der Waals surface area contributed by atoms with Crippen molar-refractivity contribution in [1.29, 1.82) is 0 Å². The number of nitrogens with two attached hydrogens (primary N) is 1. The molecule has 5 nitrogen and oxygen atoms in total. The van der Waals surface area contributed by atoms with E-state index in [1.807, 2.05) is 30.3 Å². The molecule has 0 unspecified atom stereocenters. The van der Waals surface area contributed by atoms with Crippen LogP contribution in [0.15, 0.2) is 30.3 Å². The van der Waals surface area contributed by atoms with Gasteiger partial charge in [-0.3, -0.25) is 0 Å². The van der Waals surface area contributed by atoms with Crippen LogP contribution in [-0.2, 0) is 3.79 Å². The van der Waals surface area contributed by atoms with Crippen LogP contribution in [0.2, 0.25) is 0 Å². The van der Waals surface area contributed by atoms with Crippen molar-refractivity contribution in [2.45, 2.75) is 3.79 Å². The third kappa shape index (κ3) is 3.35. The maximum absolute atomic E-state index is 5.70. The first-order valence-electron chi connectivity index (χ1n) is 4.86. The van der Waals surface area contributed by atoms with E-state index in [0.717, 1.165) is 5.69 Å². The van der Waals surface area contributed by atoms with Gasteiger partial charge < -0.3 is 11.1 Å². The summed E-state index contributed by atoms with van der Waals surface area (Å²) in [5, 5.41) is 2.94. The Morgan fingerprint density at radius 2 is 1.67 bits per heavy atom. The fourth-order valence-electron chi connectivity index (χ4n) is 1.23. The average molecular weight is 305 g/mol. The van der Waals surface area contributed by atoms with Crippen molar-refractivity contribution in [2.24, 2.45) is 0 Å². The van der Waals surface area contributed by atoms with Gasteiger partial charge in [0, 0.05) is 5.69 Å². The van der Waals surface area contributed by atoms with E-state index in [0.29, 0.717) is 0 Å². The third-order valence-electron chi connectivity index (χ3n) is 1.94. The van der Waals surface area contributed by atoms with E-state index in [1.54, 1.807) is 0 Å². The van der Waals surface area contributed by atoms with E-state index < -0.39 is 3.79 Å². The molecule has 0 amide bonds.